The van der Waals surface area contributed by atoms with Gasteiger partial charge in [-0.2, -0.15) is 0 Å². The number of anilines is 2. The molecule has 1 saturated heterocycles. The molecule has 1 heterocycles. The van der Waals surface area contributed by atoms with Crippen molar-refractivity contribution in [3.63, 3.8) is 0 Å². The zero-order valence-corrected chi connectivity index (χ0v) is 16.1. The summed E-state index contributed by atoms with van der Waals surface area (Å²) in [6.45, 7) is 3.25. The third-order valence-corrected chi connectivity index (χ3v) is 4.83. The lowest BCUT2D eigenvalue weighted by atomic mass is 10.1. The van der Waals surface area contributed by atoms with E-state index in [0.29, 0.717) is 11.1 Å². The van der Waals surface area contributed by atoms with E-state index in [1.807, 2.05) is 48.2 Å². The number of carbonyl (C=O) groups is 2. The van der Waals surface area contributed by atoms with Crippen molar-refractivity contribution in [2.75, 3.05) is 57.5 Å². The highest BCUT2D eigenvalue weighted by molar-refractivity contribution is 6.05. The molecule has 0 unspecified atom stereocenters. The van der Waals surface area contributed by atoms with Crippen LogP contribution in [0.5, 0.6) is 0 Å². The number of hydrogen-bond acceptors (Lipinski definition) is 4. The van der Waals surface area contributed by atoms with E-state index in [-0.39, 0.29) is 11.8 Å². The summed E-state index contributed by atoms with van der Waals surface area (Å²) in [5, 5.41) is 2.88. The van der Waals surface area contributed by atoms with Gasteiger partial charge in [-0.05, 0) is 55.6 Å². The van der Waals surface area contributed by atoms with Crippen molar-refractivity contribution in [2.45, 2.75) is 0 Å². The second-order valence-corrected chi connectivity index (χ2v) is 7.07. The Labute approximate surface area is 160 Å². The van der Waals surface area contributed by atoms with E-state index in [1.165, 1.54) is 0 Å². The second kappa shape index (κ2) is 8.22. The molecule has 1 N–H and O–H groups in total. The van der Waals surface area contributed by atoms with Crippen molar-refractivity contribution in [2.24, 2.45) is 0 Å². The third-order valence-electron chi connectivity index (χ3n) is 4.83. The van der Waals surface area contributed by atoms with Crippen molar-refractivity contribution in [1.29, 1.82) is 0 Å². The molecule has 1 aliphatic heterocycles. The molecule has 6 heteroatoms. The maximum Gasteiger partial charge on any atom is 0.255 e. The number of nitrogens with zero attached hydrogens (tertiary/aromatic N) is 3. The molecule has 3 rings (SSSR count). The van der Waals surface area contributed by atoms with Gasteiger partial charge in [0.2, 0.25) is 0 Å². The molecule has 2 amide bonds. The van der Waals surface area contributed by atoms with Crippen LogP contribution in [0.4, 0.5) is 11.4 Å². The summed E-state index contributed by atoms with van der Waals surface area (Å²) in [5.74, 6) is -0.166. The van der Waals surface area contributed by atoms with E-state index in [1.54, 1.807) is 24.3 Å². The van der Waals surface area contributed by atoms with Crippen LogP contribution in [-0.4, -0.2) is 68.9 Å². The van der Waals surface area contributed by atoms with E-state index >= 15 is 0 Å². The number of rotatable bonds is 4. The van der Waals surface area contributed by atoms with Crippen LogP contribution in [0.2, 0.25) is 0 Å². The van der Waals surface area contributed by atoms with Crippen molar-refractivity contribution in [1.82, 2.24) is 9.80 Å². The number of likely N-dealkylation sites (N-methyl/N-ethyl adjacent to an activating group) is 1. The van der Waals surface area contributed by atoms with Gasteiger partial charge in [0.15, 0.2) is 0 Å². The number of hydrogen-bond donors (Lipinski definition) is 1. The predicted octanol–water partition coefficient (Wildman–Crippen LogP) is 2.39. The van der Waals surface area contributed by atoms with Gasteiger partial charge < -0.3 is 20.0 Å². The van der Waals surface area contributed by atoms with Crippen LogP contribution >= 0.6 is 0 Å². The Morgan fingerprint density at radius 3 is 1.96 bits per heavy atom. The summed E-state index contributed by atoms with van der Waals surface area (Å²) in [7, 11) is 6.00. The summed E-state index contributed by atoms with van der Waals surface area (Å²) in [5.41, 5.74) is 2.95. The molecule has 27 heavy (non-hydrogen) atoms. The summed E-state index contributed by atoms with van der Waals surface area (Å²) >= 11 is 0. The second-order valence-electron chi connectivity index (χ2n) is 7.07. The number of piperazine rings is 1. The molecule has 0 radical (unpaired) electrons. The Balaban J connectivity index is 1.62. The van der Waals surface area contributed by atoms with Crippen molar-refractivity contribution < 1.29 is 9.59 Å². The van der Waals surface area contributed by atoms with Crippen LogP contribution in [0.15, 0.2) is 48.5 Å². The van der Waals surface area contributed by atoms with E-state index < -0.39 is 0 Å². The van der Waals surface area contributed by atoms with E-state index in [9.17, 15) is 9.59 Å². The highest BCUT2D eigenvalue weighted by atomic mass is 16.2. The largest absolute Gasteiger partial charge is 0.378 e. The smallest absolute Gasteiger partial charge is 0.255 e. The first-order valence-electron chi connectivity index (χ1n) is 9.10. The summed E-state index contributed by atoms with van der Waals surface area (Å²) in [6, 6.07) is 14.5. The van der Waals surface area contributed by atoms with Gasteiger partial charge in [-0.1, -0.05) is 0 Å². The molecule has 0 bridgehead atoms. The van der Waals surface area contributed by atoms with Gasteiger partial charge in [0.1, 0.15) is 0 Å². The minimum Gasteiger partial charge on any atom is -0.378 e. The number of benzene rings is 2. The molecule has 142 valence electrons. The first-order chi connectivity index (χ1) is 12.9. The number of amides is 2. The van der Waals surface area contributed by atoms with Gasteiger partial charge >= 0.3 is 0 Å². The Hall–Kier alpha value is -2.86. The molecule has 0 spiro atoms. The maximum absolute atomic E-state index is 12.6. The Bertz CT molecular complexity index is 792. The van der Waals surface area contributed by atoms with Crippen LogP contribution in [0, 0.1) is 0 Å². The van der Waals surface area contributed by atoms with Crippen LogP contribution in [0.25, 0.3) is 0 Å². The van der Waals surface area contributed by atoms with Crippen molar-refractivity contribution in [3.05, 3.63) is 59.7 Å². The van der Waals surface area contributed by atoms with Gasteiger partial charge in [-0.3, -0.25) is 9.59 Å². The Morgan fingerprint density at radius 2 is 1.41 bits per heavy atom. The first kappa shape index (κ1) is 18.9. The standard InChI is InChI=1S/C21H26N4O2/c1-23(2)19-10-8-18(9-11-19)22-20(26)16-4-6-17(7-5-16)21(27)25-14-12-24(3)13-15-25/h4-11H,12-15H2,1-3H3,(H,22,26). The Kier molecular flexibility index (Phi) is 5.76. The lowest BCUT2D eigenvalue weighted by molar-refractivity contribution is 0.0664. The lowest BCUT2D eigenvalue weighted by Gasteiger charge is -2.32. The first-order valence-corrected chi connectivity index (χ1v) is 9.10. The van der Waals surface area contributed by atoms with Crippen LogP contribution in [-0.2, 0) is 0 Å². The van der Waals surface area contributed by atoms with Gasteiger partial charge in [0, 0.05) is 62.8 Å². The van der Waals surface area contributed by atoms with E-state index in [0.717, 1.165) is 37.6 Å². The molecule has 1 aliphatic rings. The molecular formula is C21H26N4O2. The zero-order valence-electron chi connectivity index (χ0n) is 16.1. The van der Waals surface area contributed by atoms with Gasteiger partial charge in [0.25, 0.3) is 11.8 Å². The molecule has 2 aromatic rings. The minimum absolute atomic E-state index is 0.0225. The molecule has 1 fully saturated rings. The zero-order chi connectivity index (χ0) is 19.4. The molecule has 6 nitrogen and oxygen atoms in total. The fourth-order valence-corrected chi connectivity index (χ4v) is 3.00. The predicted molar refractivity (Wildman–Crippen MR) is 109 cm³/mol. The average Bonchev–Trinajstić information content (AvgIpc) is 2.68. The average molecular weight is 366 g/mol. The minimum atomic E-state index is -0.189. The maximum atomic E-state index is 12.6. The van der Waals surface area contributed by atoms with Gasteiger partial charge in [-0.25, -0.2) is 0 Å². The fourth-order valence-electron chi connectivity index (χ4n) is 3.00. The summed E-state index contributed by atoms with van der Waals surface area (Å²) in [4.78, 5) is 31.1. The van der Waals surface area contributed by atoms with E-state index in [2.05, 4.69) is 17.3 Å². The molecule has 0 aromatic heterocycles. The molecular weight excluding hydrogens is 340 g/mol. The van der Waals surface area contributed by atoms with Crippen LogP contribution < -0.4 is 10.2 Å². The normalized spacial score (nSPS) is 14.7. The number of nitrogens with one attached hydrogen (secondary N) is 1. The van der Waals surface area contributed by atoms with Crippen molar-refractivity contribution >= 4 is 23.2 Å². The SMILES string of the molecule is CN1CCN(C(=O)c2ccc(C(=O)Nc3ccc(N(C)C)cc3)cc2)CC1. The quantitative estimate of drug-likeness (QED) is 0.903. The van der Waals surface area contributed by atoms with Gasteiger partial charge in [0.05, 0.1) is 0 Å². The van der Waals surface area contributed by atoms with Gasteiger partial charge in [-0.15, -0.1) is 0 Å². The van der Waals surface area contributed by atoms with Crippen LogP contribution in [0.1, 0.15) is 20.7 Å². The summed E-state index contributed by atoms with van der Waals surface area (Å²) < 4.78 is 0. The molecule has 2 aromatic carbocycles. The Morgan fingerprint density at radius 1 is 0.852 bits per heavy atom. The number of carbonyl (C=O) groups excluding carboxylic acids is 2. The monoisotopic (exact) mass is 366 g/mol. The molecule has 0 aliphatic carbocycles. The highest BCUT2D eigenvalue weighted by Gasteiger charge is 2.20. The molecule has 0 atom stereocenters. The lowest BCUT2D eigenvalue weighted by Crippen LogP contribution is -2.47. The fraction of sp³-hybridized carbons (Fsp3) is 0.333. The van der Waals surface area contributed by atoms with Crippen molar-refractivity contribution in [3.8, 4) is 0 Å². The topological polar surface area (TPSA) is 55.9 Å². The van der Waals surface area contributed by atoms with E-state index in [4.69, 9.17) is 0 Å². The summed E-state index contributed by atoms with van der Waals surface area (Å²) in [6.07, 6.45) is 0. The third kappa shape index (κ3) is 4.65. The highest BCUT2D eigenvalue weighted by Crippen LogP contribution is 2.17. The van der Waals surface area contributed by atoms with Crippen LogP contribution in [0.3, 0.4) is 0 Å². The molecule has 0 saturated carbocycles.